The summed E-state index contributed by atoms with van der Waals surface area (Å²) >= 11 is 0. The maximum atomic E-state index is 12.9. The molecule has 0 bridgehead atoms. The van der Waals surface area contributed by atoms with Crippen molar-refractivity contribution in [2.24, 2.45) is 0 Å². The molecule has 0 aliphatic carbocycles. The molecule has 2 aromatic rings. The zero-order chi connectivity index (χ0) is 16.9. The van der Waals surface area contributed by atoms with E-state index in [4.69, 9.17) is 9.47 Å². The highest BCUT2D eigenvalue weighted by Crippen LogP contribution is 2.31. The summed E-state index contributed by atoms with van der Waals surface area (Å²) in [7, 11) is -3.81. The Balaban J connectivity index is 2.31. The van der Waals surface area contributed by atoms with Crippen LogP contribution < -0.4 is 14.2 Å². The first-order chi connectivity index (χ1) is 11.0. The number of sulfonamides is 1. The van der Waals surface area contributed by atoms with Crippen LogP contribution in [-0.4, -0.2) is 21.6 Å². The minimum absolute atomic E-state index is 0.0359. The molecule has 0 saturated heterocycles. The molecule has 0 unspecified atom stereocenters. The predicted molar refractivity (Wildman–Crippen MR) is 86.0 cm³/mol. The molecule has 0 fully saturated rings. The molecule has 2 rings (SSSR count). The molecule has 0 radical (unpaired) electrons. The van der Waals surface area contributed by atoms with Crippen molar-refractivity contribution in [1.29, 1.82) is 0 Å². The molecule has 2 aromatic carbocycles. The molecule has 124 valence electrons. The Kier molecular flexibility index (Phi) is 5.44. The Morgan fingerprint density at radius 3 is 2.17 bits per heavy atom. The molecule has 0 heterocycles. The Morgan fingerprint density at radius 2 is 1.57 bits per heavy atom. The van der Waals surface area contributed by atoms with Gasteiger partial charge in [0.2, 0.25) is 0 Å². The van der Waals surface area contributed by atoms with Gasteiger partial charge in [0, 0.05) is 11.8 Å². The molecular formula is C16H18FNO4S. The van der Waals surface area contributed by atoms with Crippen LogP contribution in [0.4, 0.5) is 10.1 Å². The Bertz CT molecular complexity index is 760. The first-order valence-corrected chi connectivity index (χ1v) is 8.62. The number of ether oxygens (including phenoxy) is 2. The molecule has 0 aliphatic rings. The number of hydrogen-bond acceptors (Lipinski definition) is 4. The van der Waals surface area contributed by atoms with Crippen LogP contribution in [0, 0.1) is 5.82 Å². The largest absolute Gasteiger partial charge is 0.490 e. The summed E-state index contributed by atoms with van der Waals surface area (Å²) in [4.78, 5) is 0.0359. The number of hydrogen-bond donors (Lipinski definition) is 1. The van der Waals surface area contributed by atoms with Gasteiger partial charge in [0.15, 0.2) is 11.5 Å². The van der Waals surface area contributed by atoms with E-state index in [-0.39, 0.29) is 10.6 Å². The van der Waals surface area contributed by atoms with E-state index in [2.05, 4.69) is 4.72 Å². The molecule has 0 aromatic heterocycles. The summed E-state index contributed by atoms with van der Waals surface area (Å²) in [6, 6.07) is 9.45. The molecule has 7 heteroatoms. The number of benzene rings is 2. The minimum atomic E-state index is -3.81. The second kappa shape index (κ2) is 7.32. The molecule has 0 atom stereocenters. The molecule has 0 aliphatic heterocycles. The lowest BCUT2D eigenvalue weighted by Gasteiger charge is -2.13. The van der Waals surface area contributed by atoms with Crippen molar-refractivity contribution in [2.75, 3.05) is 17.9 Å². The lowest BCUT2D eigenvalue weighted by molar-refractivity contribution is 0.287. The lowest BCUT2D eigenvalue weighted by atomic mass is 10.3. The van der Waals surface area contributed by atoms with Gasteiger partial charge in [0.1, 0.15) is 5.82 Å². The van der Waals surface area contributed by atoms with E-state index < -0.39 is 15.8 Å². The zero-order valence-electron chi connectivity index (χ0n) is 12.9. The summed E-state index contributed by atoms with van der Waals surface area (Å²) < 4.78 is 50.9. The molecule has 0 amide bonds. The number of anilines is 1. The molecular weight excluding hydrogens is 321 g/mol. The van der Waals surface area contributed by atoms with Gasteiger partial charge >= 0.3 is 0 Å². The van der Waals surface area contributed by atoms with E-state index in [1.54, 1.807) is 13.0 Å². The van der Waals surface area contributed by atoms with Crippen LogP contribution in [0.25, 0.3) is 0 Å². The third kappa shape index (κ3) is 4.35. The van der Waals surface area contributed by atoms with Crippen LogP contribution in [0.2, 0.25) is 0 Å². The minimum Gasteiger partial charge on any atom is -0.490 e. The van der Waals surface area contributed by atoms with Crippen LogP contribution in [0.1, 0.15) is 13.8 Å². The fraction of sp³-hybridized carbons (Fsp3) is 0.250. The molecule has 23 heavy (non-hydrogen) atoms. The van der Waals surface area contributed by atoms with Crippen LogP contribution in [0.3, 0.4) is 0 Å². The van der Waals surface area contributed by atoms with E-state index in [9.17, 15) is 12.8 Å². The molecule has 0 spiro atoms. The van der Waals surface area contributed by atoms with Gasteiger partial charge < -0.3 is 9.47 Å². The van der Waals surface area contributed by atoms with Gasteiger partial charge in [-0.1, -0.05) is 0 Å². The molecule has 5 nitrogen and oxygen atoms in total. The fourth-order valence-corrected chi connectivity index (χ4v) is 3.00. The fourth-order valence-electron chi connectivity index (χ4n) is 1.93. The van der Waals surface area contributed by atoms with E-state index in [0.29, 0.717) is 24.7 Å². The SMILES string of the molecule is CCOc1ccc(S(=O)(=O)Nc2ccc(F)cc2)cc1OCC. The smallest absolute Gasteiger partial charge is 0.262 e. The summed E-state index contributed by atoms with van der Waals surface area (Å²) in [5, 5.41) is 0. The topological polar surface area (TPSA) is 64.6 Å². The average Bonchev–Trinajstić information content (AvgIpc) is 2.51. The van der Waals surface area contributed by atoms with E-state index >= 15 is 0 Å². The van der Waals surface area contributed by atoms with Crippen molar-refractivity contribution < 1.29 is 22.3 Å². The van der Waals surface area contributed by atoms with Gasteiger partial charge in [-0.05, 0) is 50.2 Å². The van der Waals surface area contributed by atoms with E-state index in [1.807, 2.05) is 6.92 Å². The van der Waals surface area contributed by atoms with Crippen molar-refractivity contribution in [3.05, 3.63) is 48.3 Å². The highest BCUT2D eigenvalue weighted by molar-refractivity contribution is 7.92. The highest BCUT2D eigenvalue weighted by atomic mass is 32.2. The summed E-state index contributed by atoms with van der Waals surface area (Å²) in [5.41, 5.74) is 0.276. The van der Waals surface area contributed by atoms with Crippen molar-refractivity contribution in [3.63, 3.8) is 0 Å². The Morgan fingerprint density at radius 1 is 0.957 bits per heavy atom. The van der Waals surface area contributed by atoms with Crippen molar-refractivity contribution in [3.8, 4) is 11.5 Å². The second-order valence-electron chi connectivity index (χ2n) is 4.59. The number of halogens is 1. The highest BCUT2D eigenvalue weighted by Gasteiger charge is 2.17. The van der Waals surface area contributed by atoms with Crippen LogP contribution >= 0.6 is 0 Å². The zero-order valence-corrected chi connectivity index (χ0v) is 13.7. The third-order valence-corrected chi connectivity index (χ3v) is 4.30. The lowest BCUT2D eigenvalue weighted by Crippen LogP contribution is -2.13. The van der Waals surface area contributed by atoms with Crippen LogP contribution in [0.5, 0.6) is 11.5 Å². The first-order valence-electron chi connectivity index (χ1n) is 7.14. The monoisotopic (exact) mass is 339 g/mol. The van der Waals surface area contributed by atoms with E-state index in [0.717, 1.165) is 0 Å². The predicted octanol–water partition coefficient (Wildman–Crippen LogP) is 3.42. The third-order valence-electron chi connectivity index (χ3n) is 2.92. The van der Waals surface area contributed by atoms with Gasteiger partial charge in [0.05, 0.1) is 18.1 Å². The number of nitrogens with one attached hydrogen (secondary N) is 1. The molecule has 0 saturated carbocycles. The van der Waals surface area contributed by atoms with Gasteiger partial charge in [-0.25, -0.2) is 12.8 Å². The first kappa shape index (κ1) is 17.1. The standard InChI is InChI=1S/C16H18FNO4S/c1-3-21-15-10-9-14(11-16(15)22-4-2)23(19,20)18-13-7-5-12(17)6-8-13/h5-11,18H,3-4H2,1-2H3. The normalized spacial score (nSPS) is 11.1. The van der Waals surface area contributed by atoms with Gasteiger partial charge in [0.25, 0.3) is 10.0 Å². The van der Waals surface area contributed by atoms with Gasteiger partial charge in [-0.2, -0.15) is 0 Å². The average molecular weight is 339 g/mol. The van der Waals surface area contributed by atoms with Crippen LogP contribution in [-0.2, 0) is 10.0 Å². The van der Waals surface area contributed by atoms with Crippen molar-refractivity contribution in [1.82, 2.24) is 0 Å². The Hall–Kier alpha value is -2.28. The Labute approximate surface area is 135 Å². The maximum absolute atomic E-state index is 12.9. The van der Waals surface area contributed by atoms with Crippen molar-refractivity contribution in [2.45, 2.75) is 18.7 Å². The van der Waals surface area contributed by atoms with Gasteiger partial charge in [-0.3, -0.25) is 4.72 Å². The quantitative estimate of drug-likeness (QED) is 0.839. The second-order valence-corrected chi connectivity index (χ2v) is 6.27. The summed E-state index contributed by atoms with van der Waals surface area (Å²) in [5.74, 6) is 0.402. The van der Waals surface area contributed by atoms with Crippen molar-refractivity contribution >= 4 is 15.7 Å². The van der Waals surface area contributed by atoms with Gasteiger partial charge in [-0.15, -0.1) is 0 Å². The van der Waals surface area contributed by atoms with E-state index in [1.165, 1.54) is 36.4 Å². The maximum Gasteiger partial charge on any atom is 0.262 e. The summed E-state index contributed by atoms with van der Waals surface area (Å²) in [6.45, 7) is 4.46. The van der Waals surface area contributed by atoms with Crippen LogP contribution in [0.15, 0.2) is 47.4 Å². The molecule has 1 N–H and O–H groups in total. The summed E-state index contributed by atoms with van der Waals surface area (Å²) in [6.07, 6.45) is 0. The number of rotatable bonds is 7.